The maximum Gasteiger partial charge on any atom is 0.407 e. The average Bonchev–Trinajstić information content (AvgIpc) is 2.73. The van der Waals surface area contributed by atoms with Gasteiger partial charge in [-0.2, -0.15) is 0 Å². The Morgan fingerprint density at radius 2 is 1.76 bits per heavy atom. The summed E-state index contributed by atoms with van der Waals surface area (Å²) < 4.78 is 6.24. The van der Waals surface area contributed by atoms with E-state index in [4.69, 9.17) is 44.5 Å². The van der Waals surface area contributed by atoms with Gasteiger partial charge in [0.2, 0.25) is 5.88 Å². The third-order valence-electron chi connectivity index (χ3n) is 5.74. The lowest BCUT2D eigenvalue weighted by molar-refractivity contribution is 0.0290. The molecule has 2 heterocycles. The van der Waals surface area contributed by atoms with Gasteiger partial charge in [-0.3, -0.25) is 0 Å². The number of rotatable bonds is 4. The predicted molar refractivity (Wildman–Crippen MR) is 133 cm³/mol. The number of carboxylic acid groups (broad SMARTS) is 1. The highest BCUT2D eigenvalue weighted by molar-refractivity contribution is 6.36. The molecule has 0 saturated heterocycles. The van der Waals surface area contributed by atoms with Crippen LogP contribution in [-0.4, -0.2) is 33.2 Å². The normalized spacial score (nSPS) is 16.6. The lowest BCUT2D eigenvalue weighted by atomic mass is 9.87. The first-order valence-corrected chi connectivity index (χ1v) is 11.7. The van der Waals surface area contributed by atoms with E-state index in [0.717, 1.165) is 16.7 Å². The summed E-state index contributed by atoms with van der Waals surface area (Å²) in [5, 5.41) is 11.4. The third-order valence-corrected chi connectivity index (χ3v) is 6.54. The van der Waals surface area contributed by atoms with Crippen molar-refractivity contribution >= 4 is 40.9 Å². The van der Waals surface area contributed by atoms with E-state index in [1.165, 1.54) is 4.90 Å². The summed E-state index contributed by atoms with van der Waals surface area (Å²) in [5.41, 5.74) is 3.10. The second-order valence-electron chi connectivity index (χ2n) is 8.56. The van der Waals surface area contributed by atoms with Crippen LogP contribution in [-0.2, 0) is 0 Å². The molecule has 5 nitrogen and oxygen atoms in total. The van der Waals surface area contributed by atoms with E-state index in [0.29, 0.717) is 45.2 Å². The molecule has 0 radical (unpaired) electrons. The van der Waals surface area contributed by atoms with E-state index in [1.54, 1.807) is 24.3 Å². The number of pyridine rings is 1. The van der Waals surface area contributed by atoms with Gasteiger partial charge in [0.1, 0.15) is 5.60 Å². The third kappa shape index (κ3) is 4.77. The number of nitrogens with zero attached hydrogens (tertiary/aromatic N) is 2. The number of fused-ring (bicyclic) bond motifs is 1. The molecule has 0 saturated carbocycles. The highest BCUT2D eigenvalue weighted by Gasteiger charge is 2.40. The van der Waals surface area contributed by atoms with Gasteiger partial charge in [-0.1, -0.05) is 46.9 Å². The molecule has 8 heteroatoms. The number of hydrogen-bond acceptors (Lipinski definition) is 3. The van der Waals surface area contributed by atoms with Gasteiger partial charge >= 0.3 is 6.09 Å². The molecule has 33 heavy (non-hydrogen) atoms. The molecule has 1 atom stereocenters. The number of amides is 1. The maximum absolute atomic E-state index is 12.0. The Balaban J connectivity index is 2.00. The predicted octanol–water partition coefficient (Wildman–Crippen LogP) is 7.98. The van der Waals surface area contributed by atoms with Crippen LogP contribution in [0, 0.1) is 0 Å². The molecule has 4 rings (SSSR count). The fraction of sp³-hybridized carbons (Fsp3) is 0.280. The molecule has 0 bridgehead atoms. The molecule has 1 aliphatic heterocycles. The summed E-state index contributed by atoms with van der Waals surface area (Å²) in [6.45, 7) is 6.03. The van der Waals surface area contributed by atoms with E-state index >= 15 is 0 Å². The fourth-order valence-corrected chi connectivity index (χ4v) is 4.84. The minimum absolute atomic E-state index is 0.344. The molecule has 172 valence electrons. The van der Waals surface area contributed by atoms with Gasteiger partial charge in [0.15, 0.2) is 0 Å². The number of aromatic nitrogens is 1. The molecular formula is C25H23Cl3N2O3. The molecule has 0 aliphatic carbocycles. The highest BCUT2D eigenvalue weighted by Crippen LogP contribution is 2.46. The first-order valence-electron chi connectivity index (χ1n) is 10.5. The summed E-state index contributed by atoms with van der Waals surface area (Å²) in [4.78, 5) is 18.3. The van der Waals surface area contributed by atoms with Gasteiger partial charge in [0.25, 0.3) is 0 Å². The van der Waals surface area contributed by atoms with Crippen molar-refractivity contribution in [3.8, 4) is 28.3 Å². The maximum atomic E-state index is 12.0. The van der Waals surface area contributed by atoms with Crippen LogP contribution >= 0.6 is 34.8 Å². The van der Waals surface area contributed by atoms with Gasteiger partial charge < -0.3 is 14.7 Å². The van der Waals surface area contributed by atoms with Crippen molar-refractivity contribution in [3.05, 3.63) is 69.2 Å². The standard InChI is InChI=1S/C25H23Cl3N2O3/c1-4-30(24(31)32)21-13-25(2,3)33-23-19(21)12-18(14-5-7-15(26)8-6-14)22(29-23)17-10-9-16(27)11-20(17)28/h5-12,21H,4,13H2,1-3H3,(H,31,32). The van der Waals surface area contributed by atoms with E-state index in [-0.39, 0.29) is 0 Å². The Morgan fingerprint density at radius 1 is 1.09 bits per heavy atom. The Labute approximate surface area is 207 Å². The molecular weight excluding hydrogens is 483 g/mol. The quantitative estimate of drug-likeness (QED) is 0.390. The Bertz CT molecular complexity index is 1210. The summed E-state index contributed by atoms with van der Waals surface area (Å²) in [7, 11) is 0. The highest BCUT2D eigenvalue weighted by atomic mass is 35.5. The van der Waals surface area contributed by atoms with Crippen molar-refractivity contribution in [1.82, 2.24) is 9.88 Å². The van der Waals surface area contributed by atoms with Crippen LogP contribution in [0.15, 0.2) is 48.5 Å². The van der Waals surface area contributed by atoms with Crippen LogP contribution in [0.25, 0.3) is 22.4 Å². The van der Waals surface area contributed by atoms with Gasteiger partial charge in [-0.15, -0.1) is 0 Å². The smallest absolute Gasteiger partial charge is 0.407 e. The number of halogens is 3. The largest absolute Gasteiger partial charge is 0.471 e. The minimum Gasteiger partial charge on any atom is -0.471 e. The number of hydrogen-bond donors (Lipinski definition) is 1. The molecule has 3 aromatic rings. The van der Waals surface area contributed by atoms with E-state index in [2.05, 4.69) is 0 Å². The second kappa shape index (κ2) is 9.05. The molecule has 0 fully saturated rings. The molecule has 1 aromatic heterocycles. The molecule has 1 N–H and O–H groups in total. The van der Waals surface area contributed by atoms with Crippen LogP contribution in [0.2, 0.25) is 15.1 Å². The molecule has 1 aliphatic rings. The molecule has 2 aromatic carbocycles. The number of carbonyl (C=O) groups is 1. The first-order chi connectivity index (χ1) is 15.6. The first kappa shape index (κ1) is 23.7. The Kier molecular flexibility index (Phi) is 6.50. The van der Waals surface area contributed by atoms with Crippen molar-refractivity contribution in [1.29, 1.82) is 0 Å². The van der Waals surface area contributed by atoms with E-state index < -0.39 is 17.7 Å². The van der Waals surface area contributed by atoms with Crippen LogP contribution in [0.4, 0.5) is 4.79 Å². The van der Waals surface area contributed by atoms with Crippen LogP contribution in [0.3, 0.4) is 0 Å². The van der Waals surface area contributed by atoms with Gasteiger partial charge in [-0.25, -0.2) is 9.78 Å². The summed E-state index contributed by atoms with van der Waals surface area (Å²) >= 11 is 18.8. The summed E-state index contributed by atoms with van der Waals surface area (Å²) in [6.07, 6.45) is -0.479. The number of ether oxygens (including phenoxy) is 1. The number of benzene rings is 2. The van der Waals surface area contributed by atoms with Crippen molar-refractivity contribution in [2.75, 3.05) is 6.54 Å². The van der Waals surface area contributed by atoms with Crippen molar-refractivity contribution in [2.45, 2.75) is 38.8 Å². The monoisotopic (exact) mass is 504 g/mol. The van der Waals surface area contributed by atoms with Crippen LogP contribution in [0.1, 0.15) is 38.8 Å². The van der Waals surface area contributed by atoms with Gasteiger partial charge in [0, 0.05) is 39.7 Å². The SMILES string of the molecule is CCN(C(=O)O)C1CC(C)(C)Oc2nc(-c3ccc(Cl)cc3Cl)c(-c3ccc(Cl)cc3)cc21. The summed E-state index contributed by atoms with van der Waals surface area (Å²) in [5.74, 6) is 0.398. The van der Waals surface area contributed by atoms with Crippen LogP contribution < -0.4 is 4.74 Å². The van der Waals surface area contributed by atoms with Crippen molar-refractivity contribution in [2.24, 2.45) is 0 Å². The Morgan fingerprint density at radius 3 is 2.36 bits per heavy atom. The summed E-state index contributed by atoms with van der Waals surface area (Å²) in [6, 6.07) is 14.2. The van der Waals surface area contributed by atoms with E-state index in [9.17, 15) is 9.90 Å². The second-order valence-corrected chi connectivity index (χ2v) is 9.84. The zero-order valence-corrected chi connectivity index (χ0v) is 20.7. The van der Waals surface area contributed by atoms with Crippen molar-refractivity contribution in [3.63, 3.8) is 0 Å². The van der Waals surface area contributed by atoms with Crippen molar-refractivity contribution < 1.29 is 14.6 Å². The lowest BCUT2D eigenvalue weighted by Gasteiger charge is -2.41. The minimum atomic E-state index is -0.982. The van der Waals surface area contributed by atoms with Gasteiger partial charge in [0.05, 0.1) is 16.8 Å². The topological polar surface area (TPSA) is 62.7 Å². The Hall–Kier alpha value is -2.47. The molecule has 1 unspecified atom stereocenters. The van der Waals surface area contributed by atoms with Crippen LogP contribution in [0.5, 0.6) is 5.88 Å². The lowest BCUT2D eigenvalue weighted by Crippen LogP contribution is -2.43. The van der Waals surface area contributed by atoms with E-state index in [1.807, 2.05) is 45.0 Å². The zero-order valence-electron chi connectivity index (χ0n) is 18.4. The van der Waals surface area contributed by atoms with Gasteiger partial charge in [-0.05, 0) is 62.7 Å². The zero-order chi connectivity index (χ0) is 23.9. The molecule has 0 spiro atoms. The fourth-order valence-electron chi connectivity index (χ4n) is 4.21. The average molecular weight is 506 g/mol. The molecule has 1 amide bonds.